The zero-order valence-electron chi connectivity index (χ0n) is 18.0. The lowest BCUT2D eigenvalue weighted by atomic mass is 10.00. The molecule has 2 aromatic heterocycles. The molecule has 1 aromatic carbocycles. The number of nitrogens with one attached hydrogen (secondary N) is 1. The Kier molecular flexibility index (Phi) is 6.22. The van der Waals surface area contributed by atoms with Gasteiger partial charge in [0.05, 0.1) is 6.10 Å². The van der Waals surface area contributed by atoms with Crippen LogP contribution in [0.15, 0.2) is 35.3 Å². The number of fused-ring (bicyclic) bond motifs is 1. The molecule has 164 valence electrons. The quantitative estimate of drug-likeness (QED) is 0.632. The van der Waals surface area contributed by atoms with Crippen LogP contribution < -0.4 is 20.5 Å². The third-order valence-corrected chi connectivity index (χ3v) is 6.31. The summed E-state index contributed by atoms with van der Waals surface area (Å²) in [7, 11) is 0. The molecule has 1 N–H and O–H groups in total. The van der Waals surface area contributed by atoms with Gasteiger partial charge in [0.2, 0.25) is 10.1 Å². The number of ether oxygens (including phenoxy) is 1. The molecule has 0 atom stereocenters. The second-order valence-electron chi connectivity index (χ2n) is 8.22. The van der Waals surface area contributed by atoms with Crippen molar-refractivity contribution in [2.75, 3.05) is 18.0 Å². The normalized spacial score (nSPS) is 14.9. The lowest BCUT2D eigenvalue weighted by Gasteiger charge is -2.29. The molecule has 1 saturated heterocycles. The molecule has 31 heavy (non-hydrogen) atoms. The van der Waals surface area contributed by atoms with Crippen LogP contribution in [-0.4, -0.2) is 39.7 Å². The lowest BCUT2D eigenvalue weighted by Crippen LogP contribution is -2.33. The molecule has 0 spiro atoms. The van der Waals surface area contributed by atoms with Crippen LogP contribution >= 0.6 is 11.3 Å². The predicted molar refractivity (Wildman–Crippen MR) is 121 cm³/mol. The summed E-state index contributed by atoms with van der Waals surface area (Å²) in [5, 5.41) is 8.01. The Morgan fingerprint density at radius 3 is 2.65 bits per heavy atom. The summed E-state index contributed by atoms with van der Waals surface area (Å²) in [5.74, 6) is 1.02. The number of piperidine rings is 1. The fraction of sp³-hybridized carbons (Fsp3) is 0.455. The van der Waals surface area contributed by atoms with Gasteiger partial charge in [-0.15, -0.1) is 5.10 Å². The molecule has 4 rings (SSSR count). The van der Waals surface area contributed by atoms with E-state index in [0.29, 0.717) is 17.4 Å². The predicted octanol–water partition coefficient (Wildman–Crippen LogP) is 3.10. The molecular formula is C22H27N5O3S. The van der Waals surface area contributed by atoms with E-state index in [9.17, 15) is 9.59 Å². The van der Waals surface area contributed by atoms with Crippen molar-refractivity contribution in [1.82, 2.24) is 19.9 Å². The second-order valence-corrected chi connectivity index (χ2v) is 9.15. The summed E-state index contributed by atoms with van der Waals surface area (Å²) >= 11 is 1.38. The van der Waals surface area contributed by atoms with Gasteiger partial charge >= 0.3 is 0 Å². The minimum atomic E-state index is -0.462. The maximum Gasteiger partial charge on any atom is 0.288 e. The van der Waals surface area contributed by atoms with E-state index in [1.807, 2.05) is 38.1 Å². The van der Waals surface area contributed by atoms with E-state index in [4.69, 9.17) is 4.74 Å². The fourth-order valence-electron chi connectivity index (χ4n) is 3.50. The van der Waals surface area contributed by atoms with Gasteiger partial charge in [-0.2, -0.15) is 4.52 Å². The Balaban J connectivity index is 1.45. The topological polar surface area (TPSA) is 88.8 Å². The number of nitrogens with zero attached hydrogens (tertiary/aromatic N) is 4. The Morgan fingerprint density at radius 1 is 1.26 bits per heavy atom. The van der Waals surface area contributed by atoms with Gasteiger partial charge in [-0.3, -0.25) is 9.59 Å². The highest BCUT2D eigenvalue weighted by Crippen LogP contribution is 2.26. The Hall–Kier alpha value is -2.94. The summed E-state index contributed by atoms with van der Waals surface area (Å²) in [6.07, 6.45) is 3.66. The molecule has 8 nitrogen and oxygen atoms in total. The van der Waals surface area contributed by atoms with E-state index in [2.05, 4.69) is 27.2 Å². The van der Waals surface area contributed by atoms with Gasteiger partial charge in [0.15, 0.2) is 0 Å². The van der Waals surface area contributed by atoms with Gasteiger partial charge in [-0.05, 0) is 50.3 Å². The Morgan fingerprint density at radius 2 is 1.97 bits per heavy atom. The number of carbonyl (C=O) groups is 1. The van der Waals surface area contributed by atoms with Crippen LogP contribution in [0.2, 0.25) is 0 Å². The summed E-state index contributed by atoms with van der Waals surface area (Å²) in [4.78, 5) is 32.4. The molecule has 9 heteroatoms. The summed E-state index contributed by atoms with van der Waals surface area (Å²) < 4.78 is 6.86. The van der Waals surface area contributed by atoms with Crippen molar-refractivity contribution in [2.45, 2.75) is 46.3 Å². The van der Waals surface area contributed by atoms with Crippen molar-refractivity contribution >= 4 is 27.3 Å². The molecular weight excluding hydrogens is 414 g/mol. The first-order valence-electron chi connectivity index (χ1n) is 10.6. The third kappa shape index (κ3) is 4.87. The van der Waals surface area contributed by atoms with Gasteiger partial charge in [0.1, 0.15) is 11.3 Å². The number of hydrogen-bond acceptors (Lipinski definition) is 7. The molecule has 0 saturated carbocycles. The van der Waals surface area contributed by atoms with E-state index < -0.39 is 11.5 Å². The number of anilines is 1. The zero-order valence-corrected chi connectivity index (χ0v) is 18.8. The second kappa shape index (κ2) is 9.05. The number of hydrogen-bond donors (Lipinski definition) is 1. The van der Waals surface area contributed by atoms with Gasteiger partial charge in [0, 0.05) is 25.8 Å². The Bertz CT molecular complexity index is 1110. The molecule has 3 aromatic rings. The summed E-state index contributed by atoms with van der Waals surface area (Å²) in [5.41, 5.74) is 0.450. The highest BCUT2D eigenvalue weighted by Gasteiger charge is 2.21. The van der Waals surface area contributed by atoms with Crippen molar-refractivity contribution in [3.8, 4) is 5.75 Å². The van der Waals surface area contributed by atoms with Gasteiger partial charge in [-0.1, -0.05) is 30.4 Å². The smallest absolute Gasteiger partial charge is 0.288 e. The maximum absolute atomic E-state index is 12.8. The average Bonchev–Trinajstić information content (AvgIpc) is 3.19. The van der Waals surface area contributed by atoms with E-state index >= 15 is 0 Å². The van der Waals surface area contributed by atoms with Crippen LogP contribution in [0.3, 0.4) is 0 Å². The van der Waals surface area contributed by atoms with Crippen molar-refractivity contribution in [3.05, 3.63) is 51.9 Å². The molecule has 1 aliphatic heterocycles. The Labute approximate surface area is 184 Å². The van der Waals surface area contributed by atoms with Crippen LogP contribution in [-0.2, 0) is 6.54 Å². The van der Waals surface area contributed by atoms with E-state index in [-0.39, 0.29) is 11.7 Å². The zero-order chi connectivity index (χ0) is 22.0. The lowest BCUT2D eigenvalue weighted by molar-refractivity contribution is 0.0948. The van der Waals surface area contributed by atoms with Crippen LogP contribution in [0, 0.1) is 5.92 Å². The number of aromatic nitrogens is 3. The number of benzene rings is 1. The molecule has 0 aliphatic carbocycles. The average molecular weight is 442 g/mol. The van der Waals surface area contributed by atoms with E-state index in [1.165, 1.54) is 22.0 Å². The first-order valence-corrected chi connectivity index (χ1v) is 11.4. The SMILES string of the molecule is CC1CCN(c2nn3c(=O)c(C(=O)NCc4ccc(OC(C)C)cc4)cnc3s2)CC1. The fourth-order valence-corrected chi connectivity index (χ4v) is 4.41. The number of amides is 1. The largest absolute Gasteiger partial charge is 0.491 e. The van der Waals surface area contributed by atoms with Gasteiger partial charge in [0.25, 0.3) is 11.5 Å². The van der Waals surface area contributed by atoms with Gasteiger partial charge in [-0.25, -0.2) is 4.98 Å². The monoisotopic (exact) mass is 441 g/mol. The molecule has 1 amide bonds. The highest BCUT2D eigenvalue weighted by atomic mass is 32.1. The summed E-state index contributed by atoms with van der Waals surface area (Å²) in [6.45, 7) is 8.33. The van der Waals surface area contributed by atoms with Gasteiger partial charge < -0.3 is 15.0 Å². The minimum Gasteiger partial charge on any atom is -0.491 e. The molecule has 3 heterocycles. The standard InChI is InChI=1S/C22H27N5O3S/c1-14(2)30-17-6-4-16(5-7-17)12-23-19(28)18-13-24-21-27(20(18)29)25-22(31-21)26-10-8-15(3)9-11-26/h4-7,13-15H,8-12H2,1-3H3,(H,23,28). The first-order chi connectivity index (χ1) is 14.9. The van der Waals surface area contributed by atoms with Crippen molar-refractivity contribution in [3.63, 3.8) is 0 Å². The number of carbonyl (C=O) groups excluding carboxylic acids is 1. The first kappa shape index (κ1) is 21.3. The van der Waals surface area contributed by atoms with Crippen LogP contribution in [0.5, 0.6) is 5.75 Å². The highest BCUT2D eigenvalue weighted by molar-refractivity contribution is 7.20. The van der Waals surface area contributed by atoms with E-state index in [1.54, 1.807) is 0 Å². The molecule has 1 fully saturated rings. The van der Waals surface area contributed by atoms with Crippen molar-refractivity contribution < 1.29 is 9.53 Å². The minimum absolute atomic E-state index is 0.0126. The molecule has 0 radical (unpaired) electrons. The molecule has 1 aliphatic rings. The maximum atomic E-state index is 12.8. The molecule has 0 bridgehead atoms. The van der Waals surface area contributed by atoms with E-state index in [0.717, 1.165) is 42.4 Å². The summed E-state index contributed by atoms with van der Waals surface area (Å²) in [6, 6.07) is 7.50. The molecule has 0 unspecified atom stereocenters. The van der Waals surface area contributed by atoms with Crippen molar-refractivity contribution in [2.24, 2.45) is 5.92 Å². The van der Waals surface area contributed by atoms with Crippen LogP contribution in [0.25, 0.3) is 4.96 Å². The van der Waals surface area contributed by atoms with Crippen molar-refractivity contribution in [1.29, 1.82) is 0 Å². The number of rotatable bonds is 6. The van der Waals surface area contributed by atoms with Crippen LogP contribution in [0.1, 0.15) is 49.5 Å². The third-order valence-electron chi connectivity index (χ3n) is 5.32. The van der Waals surface area contributed by atoms with Crippen LogP contribution in [0.4, 0.5) is 5.13 Å².